The summed E-state index contributed by atoms with van der Waals surface area (Å²) in [4.78, 5) is 0. The Morgan fingerprint density at radius 2 is 2.25 bits per heavy atom. The number of hydrogen-bond donors (Lipinski definition) is 1. The van der Waals surface area contributed by atoms with Crippen molar-refractivity contribution >= 4 is 0 Å². The molecule has 1 fully saturated rings. The van der Waals surface area contributed by atoms with Gasteiger partial charge < -0.3 is 10.1 Å². The van der Waals surface area contributed by atoms with Crippen LogP contribution in [-0.2, 0) is 4.74 Å². The van der Waals surface area contributed by atoms with Crippen LogP contribution in [0.25, 0.3) is 0 Å². The molecule has 1 aliphatic rings. The van der Waals surface area contributed by atoms with Crippen LogP contribution in [0, 0.1) is 5.92 Å². The molecule has 0 spiro atoms. The molecule has 2 heteroatoms. The molecule has 0 saturated carbocycles. The molecule has 0 unspecified atom stereocenters. The van der Waals surface area contributed by atoms with Gasteiger partial charge in [-0.1, -0.05) is 20.8 Å². The van der Waals surface area contributed by atoms with Gasteiger partial charge in [0.2, 0.25) is 0 Å². The van der Waals surface area contributed by atoms with E-state index < -0.39 is 0 Å². The average Bonchev–Trinajstić information content (AvgIpc) is 2.47. The van der Waals surface area contributed by atoms with Crippen LogP contribution in [0.4, 0.5) is 0 Å². The fraction of sp³-hybridized carbons (Fsp3) is 1.00. The molecule has 12 heavy (non-hydrogen) atoms. The Balaban J connectivity index is 2.21. The summed E-state index contributed by atoms with van der Waals surface area (Å²) in [5.74, 6) is 0.739. The van der Waals surface area contributed by atoms with E-state index in [1.807, 2.05) is 0 Å². The molecule has 0 amide bonds. The summed E-state index contributed by atoms with van der Waals surface area (Å²) in [7, 11) is 0. The molecule has 72 valence electrons. The molecule has 1 aliphatic heterocycles. The molecule has 0 bridgehead atoms. The second-order valence-electron chi connectivity index (χ2n) is 4.01. The number of rotatable bonds is 4. The predicted molar refractivity (Wildman–Crippen MR) is 51.3 cm³/mol. The first-order valence-electron chi connectivity index (χ1n) is 5.09. The molecule has 0 radical (unpaired) electrons. The topological polar surface area (TPSA) is 21.3 Å². The molecule has 0 aromatic heterocycles. The highest BCUT2D eigenvalue weighted by atomic mass is 16.5. The molecule has 0 aliphatic carbocycles. The van der Waals surface area contributed by atoms with Crippen molar-refractivity contribution in [2.75, 3.05) is 13.2 Å². The monoisotopic (exact) mass is 171 g/mol. The van der Waals surface area contributed by atoms with Gasteiger partial charge in [0.15, 0.2) is 0 Å². The molecule has 2 atom stereocenters. The zero-order chi connectivity index (χ0) is 8.97. The molecule has 1 N–H and O–H groups in total. The Labute approximate surface area is 75.7 Å². The van der Waals surface area contributed by atoms with Crippen LogP contribution in [0.5, 0.6) is 0 Å². The van der Waals surface area contributed by atoms with E-state index in [1.165, 1.54) is 6.42 Å². The van der Waals surface area contributed by atoms with Crippen molar-refractivity contribution < 1.29 is 4.74 Å². The first-order chi connectivity index (χ1) is 5.74. The minimum atomic E-state index is 0.462. The summed E-state index contributed by atoms with van der Waals surface area (Å²) < 4.78 is 5.58. The number of hydrogen-bond acceptors (Lipinski definition) is 2. The summed E-state index contributed by atoms with van der Waals surface area (Å²) >= 11 is 0. The zero-order valence-corrected chi connectivity index (χ0v) is 8.47. The van der Waals surface area contributed by atoms with Crippen molar-refractivity contribution in [3.63, 3.8) is 0 Å². The Bertz CT molecular complexity index is 125. The lowest BCUT2D eigenvalue weighted by atomic mass is 10.1. The van der Waals surface area contributed by atoms with Crippen molar-refractivity contribution in [3.05, 3.63) is 0 Å². The van der Waals surface area contributed by atoms with E-state index in [0.29, 0.717) is 12.1 Å². The van der Waals surface area contributed by atoms with E-state index in [0.717, 1.165) is 25.5 Å². The minimum Gasteiger partial charge on any atom is -0.377 e. The van der Waals surface area contributed by atoms with Crippen LogP contribution < -0.4 is 5.32 Å². The predicted octanol–water partition coefficient (Wildman–Crippen LogP) is 1.80. The van der Waals surface area contributed by atoms with Gasteiger partial charge in [0, 0.05) is 12.6 Å². The maximum atomic E-state index is 5.58. The maximum absolute atomic E-state index is 5.58. The highest BCUT2D eigenvalue weighted by Crippen LogP contribution is 2.16. The fourth-order valence-corrected chi connectivity index (χ4v) is 1.67. The van der Waals surface area contributed by atoms with Crippen molar-refractivity contribution in [1.82, 2.24) is 5.32 Å². The Morgan fingerprint density at radius 1 is 1.50 bits per heavy atom. The SMILES string of the molecule is CC[C@@H]1OCC[C@H]1NCC(C)C. The van der Waals surface area contributed by atoms with Gasteiger partial charge in [-0.25, -0.2) is 0 Å². The Hall–Kier alpha value is -0.0800. The maximum Gasteiger partial charge on any atom is 0.0726 e. The lowest BCUT2D eigenvalue weighted by molar-refractivity contribution is 0.0948. The van der Waals surface area contributed by atoms with E-state index in [2.05, 4.69) is 26.1 Å². The van der Waals surface area contributed by atoms with Crippen molar-refractivity contribution in [3.8, 4) is 0 Å². The van der Waals surface area contributed by atoms with Gasteiger partial charge >= 0.3 is 0 Å². The molecule has 0 aromatic rings. The quantitative estimate of drug-likeness (QED) is 0.696. The van der Waals surface area contributed by atoms with E-state index in [-0.39, 0.29) is 0 Å². The highest BCUT2D eigenvalue weighted by Gasteiger charge is 2.25. The van der Waals surface area contributed by atoms with Gasteiger partial charge in [-0.15, -0.1) is 0 Å². The van der Waals surface area contributed by atoms with Crippen molar-refractivity contribution in [2.45, 2.75) is 45.8 Å². The third-order valence-corrected chi connectivity index (χ3v) is 2.40. The molecule has 1 heterocycles. The fourth-order valence-electron chi connectivity index (χ4n) is 1.67. The van der Waals surface area contributed by atoms with Crippen molar-refractivity contribution in [1.29, 1.82) is 0 Å². The molecule has 1 saturated heterocycles. The first kappa shape index (κ1) is 10.0. The molecule has 1 rings (SSSR count). The first-order valence-corrected chi connectivity index (χ1v) is 5.09. The second kappa shape index (κ2) is 4.83. The van der Waals surface area contributed by atoms with Crippen molar-refractivity contribution in [2.24, 2.45) is 5.92 Å². The minimum absolute atomic E-state index is 0.462. The van der Waals surface area contributed by atoms with Gasteiger partial charge in [-0.3, -0.25) is 0 Å². The second-order valence-corrected chi connectivity index (χ2v) is 4.01. The summed E-state index contributed by atoms with van der Waals surface area (Å²) in [6, 6.07) is 0.609. The summed E-state index contributed by atoms with van der Waals surface area (Å²) in [6.45, 7) is 8.73. The number of nitrogens with one attached hydrogen (secondary N) is 1. The van der Waals surface area contributed by atoms with Gasteiger partial charge in [0.1, 0.15) is 0 Å². The van der Waals surface area contributed by atoms with E-state index in [4.69, 9.17) is 4.74 Å². The zero-order valence-electron chi connectivity index (χ0n) is 8.47. The van der Waals surface area contributed by atoms with E-state index in [9.17, 15) is 0 Å². The van der Waals surface area contributed by atoms with Crippen LogP contribution in [0.1, 0.15) is 33.6 Å². The Kier molecular flexibility index (Phi) is 4.02. The van der Waals surface area contributed by atoms with E-state index >= 15 is 0 Å². The van der Waals surface area contributed by atoms with Crippen LogP contribution in [0.2, 0.25) is 0 Å². The lowest BCUT2D eigenvalue weighted by Crippen LogP contribution is -2.38. The van der Waals surface area contributed by atoms with E-state index in [1.54, 1.807) is 0 Å². The van der Waals surface area contributed by atoms with Gasteiger partial charge in [0.25, 0.3) is 0 Å². The lowest BCUT2D eigenvalue weighted by Gasteiger charge is -2.19. The smallest absolute Gasteiger partial charge is 0.0726 e. The van der Waals surface area contributed by atoms with Gasteiger partial charge in [-0.2, -0.15) is 0 Å². The highest BCUT2D eigenvalue weighted by molar-refractivity contribution is 4.81. The van der Waals surface area contributed by atoms with Gasteiger partial charge in [0.05, 0.1) is 6.10 Å². The molecular formula is C10H21NO. The number of ether oxygens (including phenoxy) is 1. The van der Waals surface area contributed by atoms with Crippen LogP contribution in [0.3, 0.4) is 0 Å². The third kappa shape index (κ3) is 2.76. The normalized spacial score (nSPS) is 30.0. The average molecular weight is 171 g/mol. The van der Waals surface area contributed by atoms with Crippen LogP contribution >= 0.6 is 0 Å². The molecule has 0 aromatic carbocycles. The largest absolute Gasteiger partial charge is 0.377 e. The third-order valence-electron chi connectivity index (χ3n) is 2.40. The summed E-state index contributed by atoms with van der Waals surface area (Å²) in [6.07, 6.45) is 2.78. The molecule has 2 nitrogen and oxygen atoms in total. The standard InChI is InChI=1S/C10H21NO/c1-4-10-9(5-6-12-10)11-7-8(2)3/h8-11H,4-7H2,1-3H3/t9-,10+/m1/s1. The summed E-state index contributed by atoms with van der Waals surface area (Å²) in [5, 5.41) is 3.56. The van der Waals surface area contributed by atoms with Crippen LogP contribution in [-0.4, -0.2) is 25.3 Å². The van der Waals surface area contributed by atoms with Gasteiger partial charge in [-0.05, 0) is 25.3 Å². The Morgan fingerprint density at radius 3 is 2.83 bits per heavy atom. The summed E-state index contributed by atoms with van der Waals surface area (Å²) in [5.41, 5.74) is 0. The van der Waals surface area contributed by atoms with Crippen LogP contribution in [0.15, 0.2) is 0 Å². The molecular weight excluding hydrogens is 150 g/mol.